The number of anilines is 1. The fourth-order valence-corrected chi connectivity index (χ4v) is 4.17. The second-order valence-corrected chi connectivity index (χ2v) is 8.03. The first kappa shape index (κ1) is 22.1. The molecule has 2 heterocycles. The monoisotopic (exact) mass is 430 g/mol. The van der Waals surface area contributed by atoms with E-state index in [1.54, 1.807) is 25.5 Å². The highest BCUT2D eigenvalue weighted by atomic mass is 32.1. The molecule has 1 aromatic heterocycles. The fraction of sp³-hybridized carbons (Fsp3) is 0.455. The van der Waals surface area contributed by atoms with Gasteiger partial charge in [0.05, 0.1) is 6.61 Å². The Balaban J connectivity index is 1.42. The summed E-state index contributed by atoms with van der Waals surface area (Å²) >= 11 is 1.78. The van der Waals surface area contributed by atoms with Crippen molar-refractivity contribution in [3.63, 3.8) is 0 Å². The van der Waals surface area contributed by atoms with Crippen LogP contribution in [0.15, 0.2) is 40.7 Å². The largest absolute Gasteiger partial charge is 0.493 e. The van der Waals surface area contributed by atoms with E-state index in [4.69, 9.17) is 9.47 Å². The van der Waals surface area contributed by atoms with Crippen LogP contribution in [0.5, 0.6) is 5.75 Å². The zero-order valence-corrected chi connectivity index (χ0v) is 18.5. The van der Waals surface area contributed by atoms with Crippen molar-refractivity contribution in [1.82, 2.24) is 10.2 Å². The lowest BCUT2D eigenvalue weighted by atomic mass is 10.1. The van der Waals surface area contributed by atoms with E-state index in [-0.39, 0.29) is 5.91 Å². The van der Waals surface area contributed by atoms with Crippen LogP contribution >= 0.6 is 11.3 Å². The molecule has 0 spiro atoms. The Hall–Kier alpha value is -2.58. The molecule has 30 heavy (non-hydrogen) atoms. The molecular weight excluding hydrogens is 400 g/mol. The molecule has 3 rings (SSSR count). The predicted octanol–water partition coefficient (Wildman–Crippen LogP) is 3.13. The molecule has 1 aromatic carbocycles. The third-order valence-corrected chi connectivity index (χ3v) is 5.90. The van der Waals surface area contributed by atoms with Crippen LogP contribution in [0.1, 0.15) is 23.3 Å². The molecule has 2 N–H and O–H groups in total. The van der Waals surface area contributed by atoms with E-state index in [0.717, 1.165) is 37.4 Å². The first-order chi connectivity index (χ1) is 14.7. The van der Waals surface area contributed by atoms with Gasteiger partial charge in [0.25, 0.3) is 0 Å². The van der Waals surface area contributed by atoms with Gasteiger partial charge >= 0.3 is 0 Å². The smallest absolute Gasteiger partial charge is 0.224 e. The molecule has 7 nitrogen and oxygen atoms in total. The minimum absolute atomic E-state index is 0.168. The van der Waals surface area contributed by atoms with Gasteiger partial charge in [-0.25, -0.2) is 0 Å². The molecule has 2 aromatic rings. The summed E-state index contributed by atoms with van der Waals surface area (Å²) in [5.41, 5.74) is 2.16. The molecule has 0 saturated carbocycles. The molecule has 0 saturated heterocycles. The van der Waals surface area contributed by atoms with E-state index in [2.05, 4.69) is 27.1 Å². The average Bonchev–Trinajstić information content (AvgIpc) is 3.24. The van der Waals surface area contributed by atoms with E-state index in [1.165, 1.54) is 10.4 Å². The first-order valence-corrected chi connectivity index (χ1v) is 11.1. The number of nitrogens with zero attached hydrogens (tertiary/aromatic N) is 2. The summed E-state index contributed by atoms with van der Waals surface area (Å²) in [6.45, 7) is 3.34. The lowest BCUT2D eigenvalue weighted by Crippen LogP contribution is -2.38. The third kappa shape index (κ3) is 6.47. The normalized spacial score (nSPS) is 13.7. The summed E-state index contributed by atoms with van der Waals surface area (Å²) in [6, 6.07) is 9.85. The minimum Gasteiger partial charge on any atom is -0.493 e. The van der Waals surface area contributed by atoms with Gasteiger partial charge in [-0.05, 0) is 35.6 Å². The fourth-order valence-electron chi connectivity index (χ4n) is 3.28. The van der Waals surface area contributed by atoms with Crippen molar-refractivity contribution in [2.24, 2.45) is 4.99 Å². The lowest BCUT2D eigenvalue weighted by Gasteiger charge is -2.27. The zero-order valence-electron chi connectivity index (χ0n) is 17.6. The molecule has 0 unspecified atom stereocenters. The van der Waals surface area contributed by atoms with Gasteiger partial charge in [-0.3, -0.25) is 9.79 Å². The maximum atomic E-state index is 12.6. The summed E-state index contributed by atoms with van der Waals surface area (Å²) in [7, 11) is 3.40. The molecule has 0 atom stereocenters. The molecule has 0 aliphatic carbocycles. The Bertz CT molecular complexity index is 852. The van der Waals surface area contributed by atoms with Crippen molar-refractivity contribution in [1.29, 1.82) is 0 Å². The number of aliphatic imine (C=N–C) groups is 1. The molecule has 1 aliphatic rings. The van der Waals surface area contributed by atoms with Crippen molar-refractivity contribution in [3.8, 4) is 5.75 Å². The van der Waals surface area contributed by atoms with Crippen molar-refractivity contribution >= 4 is 28.9 Å². The van der Waals surface area contributed by atoms with Crippen LogP contribution in [0.25, 0.3) is 0 Å². The number of carbonyl (C=O) groups is 1. The average molecular weight is 431 g/mol. The zero-order chi connectivity index (χ0) is 21.2. The number of guanidine groups is 1. The van der Waals surface area contributed by atoms with Crippen LogP contribution in [0.2, 0.25) is 0 Å². The van der Waals surface area contributed by atoms with E-state index >= 15 is 0 Å². The van der Waals surface area contributed by atoms with Gasteiger partial charge in [-0.2, -0.15) is 0 Å². The number of amides is 1. The number of hydrogen-bond donors (Lipinski definition) is 2. The van der Waals surface area contributed by atoms with Crippen LogP contribution in [-0.4, -0.2) is 57.2 Å². The van der Waals surface area contributed by atoms with Gasteiger partial charge in [-0.1, -0.05) is 6.07 Å². The number of hydrogen-bond acceptors (Lipinski definition) is 5. The molecule has 0 bridgehead atoms. The van der Waals surface area contributed by atoms with Crippen LogP contribution in [0.4, 0.5) is 5.69 Å². The van der Waals surface area contributed by atoms with Gasteiger partial charge < -0.3 is 25.0 Å². The minimum atomic E-state index is 0.168. The number of carbonyl (C=O) groups excluding carboxylic acids is 1. The Morgan fingerprint density at radius 1 is 1.30 bits per heavy atom. The number of ether oxygens (including phenoxy) is 2. The standard InChI is InChI=1S/C22H30N4O3S/c1-23-22(25-18-5-3-6-19(15-18)29-13-4-12-28-2)24-10-7-21(27)26-11-8-20-17(16-26)9-14-30-20/h3,5-6,9,14-15H,4,7-8,10-13,16H2,1-2H3,(H2,23,24,25). The molecule has 162 valence electrons. The maximum Gasteiger partial charge on any atom is 0.224 e. The summed E-state index contributed by atoms with van der Waals surface area (Å²) in [5.74, 6) is 1.58. The SMILES string of the molecule is CN=C(NCCC(=O)N1CCc2sccc2C1)Nc1cccc(OCCCOC)c1. The van der Waals surface area contributed by atoms with Gasteiger partial charge in [0, 0.05) is 69.9 Å². The van der Waals surface area contributed by atoms with Crippen LogP contribution < -0.4 is 15.4 Å². The Labute approximate surface area is 182 Å². The molecule has 0 radical (unpaired) electrons. The Morgan fingerprint density at radius 3 is 3.03 bits per heavy atom. The molecule has 1 amide bonds. The van der Waals surface area contributed by atoms with Crippen LogP contribution in [0.3, 0.4) is 0 Å². The van der Waals surface area contributed by atoms with Gasteiger partial charge in [0.1, 0.15) is 5.75 Å². The van der Waals surface area contributed by atoms with Gasteiger partial charge in [-0.15, -0.1) is 11.3 Å². The molecule has 1 aliphatic heterocycles. The van der Waals surface area contributed by atoms with Crippen molar-refractivity contribution in [3.05, 3.63) is 46.2 Å². The third-order valence-electron chi connectivity index (χ3n) is 4.87. The van der Waals surface area contributed by atoms with E-state index in [9.17, 15) is 4.79 Å². The Morgan fingerprint density at radius 2 is 2.20 bits per heavy atom. The number of nitrogens with one attached hydrogen (secondary N) is 2. The first-order valence-electron chi connectivity index (χ1n) is 10.2. The van der Waals surface area contributed by atoms with Crippen molar-refractivity contribution < 1.29 is 14.3 Å². The van der Waals surface area contributed by atoms with Gasteiger partial charge in [0.2, 0.25) is 5.91 Å². The van der Waals surface area contributed by atoms with Crippen LogP contribution in [-0.2, 0) is 22.5 Å². The highest BCUT2D eigenvalue weighted by molar-refractivity contribution is 7.10. The van der Waals surface area contributed by atoms with Crippen molar-refractivity contribution in [2.45, 2.75) is 25.8 Å². The topological polar surface area (TPSA) is 75.2 Å². The highest BCUT2D eigenvalue weighted by Gasteiger charge is 2.21. The second kappa shape index (κ2) is 11.6. The predicted molar refractivity (Wildman–Crippen MR) is 121 cm³/mol. The van der Waals surface area contributed by atoms with E-state index in [1.807, 2.05) is 29.2 Å². The quantitative estimate of drug-likeness (QED) is 0.363. The van der Waals surface area contributed by atoms with E-state index in [0.29, 0.717) is 32.1 Å². The molecule has 8 heteroatoms. The summed E-state index contributed by atoms with van der Waals surface area (Å²) in [5, 5.41) is 8.57. The lowest BCUT2D eigenvalue weighted by molar-refractivity contribution is -0.131. The summed E-state index contributed by atoms with van der Waals surface area (Å²) in [6.07, 6.45) is 2.23. The maximum absolute atomic E-state index is 12.6. The highest BCUT2D eigenvalue weighted by Crippen LogP contribution is 2.24. The summed E-state index contributed by atoms with van der Waals surface area (Å²) < 4.78 is 10.8. The number of thiophene rings is 1. The number of fused-ring (bicyclic) bond motifs is 1. The molecular formula is C22H30N4O3S. The van der Waals surface area contributed by atoms with Crippen molar-refractivity contribution in [2.75, 3.05) is 45.8 Å². The number of rotatable bonds is 9. The van der Waals surface area contributed by atoms with E-state index < -0.39 is 0 Å². The number of benzene rings is 1. The summed E-state index contributed by atoms with van der Waals surface area (Å²) in [4.78, 5) is 20.1. The number of methoxy groups -OCH3 is 1. The Kier molecular flexibility index (Phi) is 8.53. The second-order valence-electron chi connectivity index (χ2n) is 7.03. The molecule has 0 fully saturated rings. The van der Waals surface area contributed by atoms with Crippen LogP contribution in [0, 0.1) is 0 Å². The van der Waals surface area contributed by atoms with Gasteiger partial charge in [0.15, 0.2) is 5.96 Å².